The van der Waals surface area contributed by atoms with Gasteiger partial charge in [0.2, 0.25) is 13.3 Å². The summed E-state index contributed by atoms with van der Waals surface area (Å²) in [7, 11) is 0.761. The lowest BCUT2D eigenvalue weighted by molar-refractivity contribution is -0.136. The van der Waals surface area contributed by atoms with Crippen LogP contribution in [0.3, 0.4) is 0 Å². The van der Waals surface area contributed by atoms with Crippen molar-refractivity contribution in [1.82, 2.24) is 19.8 Å². The molecular weight excluding hydrogens is 465 g/mol. The second-order valence-corrected chi connectivity index (χ2v) is 8.54. The standard InChI is InChI=1S/C24H22BN5O4S/c1-25-30-8-6-18(13-30)23(34)27-12-21(31)29-24-28-20(14-35-24)17-4-2-3-15(9-17)16-5-7-26-19(10-16)11-22(32)33/h2-10,13-14,25H,11-12H2,1H3,(H,27,34)(H,32,33)(H,28,29,31). The average Bonchev–Trinajstić information content (AvgIpc) is 3.52. The molecule has 11 heteroatoms. The second kappa shape index (κ2) is 10.8. The van der Waals surface area contributed by atoms with Crippen LogP contribution in [0.25, 0.3) is 22.4 Å². The Balaban J connectivity index is 1.39. The molecule has 3 aromatic heterocycles. The molecule has 0 bridgehead atoms. The molecule has 9 nitrogen and oxygen atoms in total. The molecule has 0 radical (unpaired) electrons. The van der Waals surface area contributed by atoms with Crippen LogP contribution in [-0.4, -0.2) is 51.3 Å². The first-order chi connectivity index (χ1) is 16.9. The van der Waals surface area contributed by atoms with Crippen molar-refractivity contribution in [2.75, 3.05) is 11.9 Å². The maximum Gasteiger partial charge on any atom is 0.309 e. The summed E-state index contributed by atoms with van der Waals surface area (Å²) in [5.74, 6) is -1.62. The SMILES string of the molecule is CBn1ccc(C(=O)NCC(=O)Nc2nc(-c3cccc(-c4ccnc(CC(=O)O)c4)c3)cs2)c1. The third kappa shape index (κ3) is 6.21. The quantitative estimate of drug-likeness (QED) is 0.312. The minimum atomic E-state index is -0.935. The van der Waals surface area contributed by atoms with Crippen molar-refractivity contribution >= 4 is 41.7 Å². The Morgan fingerprint density at radius 3 is 2.69 bits per heavy atom. The van der Waals surface area contributed by atoms with Crippen molar-refractivity contribution in [3.8, 4) is 22.4 Å². The number of rotatable bonds is 9. The van der Waals surface area contributed by atoms with Gasteiger partial charge in [0, 0.05) is 23.3 Å². The number of pyridine rings is 1. The van der Waals surface area contributed by atoms with E-state index in [2.05, 4.69) is 20.6 Å². The van der Waals surface area contributed by atoms with Crippen LogP contribution in [0.4, 0.5) is 5.13 Å². The Morgan fingerprint density at radius 1 is 1.11 bits per heavy atom. The number of carbonyl (C=O) groups excluding carboxylic acids is 2. The lowest BCUT2D eigenvalue weighted by Crippen LogP contribution is -2.32. The number of anilines is 1. The van der Waals surface area contributed by atoms with Crippen LogP contribution < -0.4 is 10.6 Å². The van der Waals surface area contributed by atoms with Gasteiger partial charge in [-0.2, -0.15) is 0 Å². The number of hydrogen-bond acceptors (Lipinski definition) is 6. The number of carboxylic acid groups (broad SMARTS) is 1. The normalized spacial score (nSPS) is 10.5. The fourth-order valence-electron chi connectivity index (χ4n) is 3.43. The fourth-order valence-corrected chi connectivity index (χ4v) is 4.16. The summed E-state index contributed by atoms with van der Waals surface area (Å²) in [5.41, 5.74) is 4.28. The molecule has 0 aliphatic rings. The summed E-state index contributed by atoms with van der Waals surface area (Å²) < 4.78 is 1.88. The number of thiazole rings is 1. The van der Waals surface area contributed by atoms with Crippen LogP contribution in [0, 0.1) is 0 Å². The molecule has 35 heavy (non-hydrogen) atoms. The maximum atomic E-state index is 12.3. The summed E-state index contributed by atoms with van der Waals surface area (Å²) in [6.07, 6.45) is 4.99. The van der Waals surface area contributed by atoms with Gasteiger partial charge in [-0.15, -0.1) is 11.3 Å². The van der Waals surface area contributed by atoms with E-state index in [-0.39, 0.29) is 24.8 Å². The molecule has 0 atom stereocenters. The second-order valence-electron chi connectivity index (χ2n) is 7.69. The van der Waals surface area contributed by atoms with E-state index in [1.54, 1.807) is 24.5 Å². The Labute approximate surface area is 206 Å². The van der Waals surface area contributed by atoms with Crippen molar-refractivity contribution in [2.45, 2.75) is 13.2 Å². The van der Waals surface area contributed by atoms with Gasteiger partial charge in [0.15, 0.2) is 5.13 Å². The number of amides is 2. The van der Waals surface area contributed by atoms with Crippen LogP contribution in [0.15, 0.2) is 66.4 Å². The van der Waals surface area contributed by atoms with Gasteiger partial charge in [-0.05, 0) is 41.6 Å². The van der Waals surface area contributed by atoms with E-state index < -0.39 is 5.97 Å². The number of nitrogens with one attached hydrogen (secondary N) is 2. The number of aromatic nitrogens is 3. The first-order valence-electron chi connectivity index (χ1n) is 10.9. The molecule has 0 spiro atoms. The molecule has 0 aliphatic heterocycles. The van der Waals surface area contributed by atoms with Crippen molar-refractivity contribution in [2.24, 2.45) is 0 Å². The minimum Gasteiger partial charge on any atom is -0.481 e. The molecule has 0 aliphatic carbocycles. The molecule has 3 heterocycles. The summed E-state index contributed by atoms with van der Waals surface area (Å²) >= 11 is 1.29. The van der Waals surface area contributed by atoms with Crippen LogP contribution in [-0.2, 0) is 16.0 Å². The molecule has 0 saturated carbocycles. The minimum absolute atomic E-state index is 0.144. The Bertz CT molecular complexity index is 1380. The molecule has 176 valence electrons. The van der Waals surface area contributed by atoms with Crippen LogP contribution in [0.1, 0.15) is 16.1 Å². The molecule has 4 rings (SSSR count). The Kier molecular flexibility index (Phi) is 7.37. The number of hydrogen-bond donors (Lipinski definition) is 3. The monoisotopic (exact) mass is 487 g/mol. The summed E-state index contributed by atoms with van der Waals surface area (Å²) in [4.78, 5) is 44.1. The van der Waals surface area contributed by atoms with Crippen LogP contribution in [0.5, 0.6) is 0 Å². The van der Waals surface area contributed by atoms with Gasteiger partial charge in [-0.25, -0.2) is 4.98 Å². The molecule has 1 aromatic carbocycles. The van der Waals surface area contributed by atoms with Crippen molar-refractivity contribution < 1.29 is 19.5 Å². The fraction of sp³-hybridized carbons (Fsp3) is 0.125. The van der Waals surface area contributed by atoms with E-state index in [0.29, 0.717) is 22.1 Å². The average molecular weight is 487 g/mol. The van der Waals surface area contributed by atoms with E-state index in [9.17, 15) is 14.4 Å². The first-order valence-corrected chi connectivity index (χ1v) is 11.8. The highest BCUT2D eigenvalue weighted by atomic mass is 32.1. The molecule has 0 saturated heterocycles. The third-order valence-electron chi connectivity index (χ3n) is 5.18. The van der Waals surface area contributed by atoms with Gasteiger partial charge >= 0.3 is 5.97 Å². The van der Waals surface area contributed by atoms with Crippen LogP contribution >= 0.6 is 11.3 Å². The van der Waals surface area contributed by atoms with Crippen LogP contribution in [0.2, 0.25) is 6.82 Å². The van der Waals surface area contributed by atoms with E-state index in [4.69, 9.17) is 5.11 Å². The number of aliphatic carboxylic acids is 1. The molecule has 2 amide bonds. The van der Waals surface area contributed by atoms with Gasteiger partial charge < -0.3 is 20.2 Å². The number of carbonyl (C=O) groups is 3. The molecule has 3 N–H and O–H groups in total. The topological polar surface area (TPSA) is 126 Å². The predicted octanol–water partition coefficient (Wildman–Crippen LogP) is 2.92. The zero-order valence-corrected chi connectivity index (χ0v) is 19.7. The van der Waals surface area contributed by atoms with Gasteiger partial charge in [0.1, 0.15) is 0 Å². The van der Waals surface area contributed by atoms with Crippen molar-refractivity contribution in [1.29, 1.82) is 0 Å². The lowest BCUT2D eigenvalue weighted by Gasteiger charge is -2.06. The molecule has 0 unspecified atom stereocenters. The van der Waals surface area contributed by atoms with Gasteiger partial charge in [0.05, 0.1) is 29.9 Å². The summed E-state index contributed by atoms with van der Waals surface area (Å²) in [6.45, 7) is 1.81. The largest absolute Gasteiger partial charge is 0.481 e. The van der Waals surface area contributed by atoms with E-state index >= 15 is 0 Å². The Morgan fingerprint density at radius 2 is 1.91 bits per heavy atom. The highest BCUT2D eigenvalue weighted by Crippen LogP contribution is 2.29. The van der Waals surface area contributed by atoms with Gasteiger partial charge in [-0.1, -0.05) is 25.0 Å². The summed E-state index contributed by atoms with van der Waals surface area (Å²) in [6, 6.07) is 13.0. The van der Waals surface area contributed by atoms with E-state index in [1.807, 2.05) is 53.2 Å². The Hall–Kier alpha value is -4.25. The number of nitrogens with zero attached hydrogens (tertiary/aromatic N) is 3. The van der Waals surface area contributed by atoms with Gasteiger partial charge in [0.25, 0.3) is 5.91 Å². The number of carboxylic acids is 1. The molecule has 0 fully saturated rings. The zero-order chi connectivity index (χ0) is 24.8. The highest BCUT2D eigenvalue weighted by molar-refractivity contribution is 7.14. The molecular formula is C24H22BN5O4S. The smallest absolute Gasteiger partial charge is 0.309 e. The number of benzene rings is 1. The summed E-state index contributed by atoms with van der Waals surface area (Å²) in [5, 5.41) is 16.6. The highest BCUT2D eigenvalue weighted by Gasteiger charge is 2.12. The predicted molar refractivity (Wildman–Crippen MR) is 136 cm³/mol. The zero-order valence-electron chi connectivity index (χ0n) is 18.9. The first kappa shape index (κ1) is 23.9. The third-order valence-corrected chi connectivity index (χ3v) is 5.94. The lowest BCUT2D eigenvalue weighted by atomic mass is 10.0. The van der Waals surface area contributed by atoms with Crippen molar-refractivity contribution in [3.05, 3.63) is 77.7 Å². The van der Waals surface area contributed by atoms with E-state index in [0.717, 1.165) is 24.1 Å². The van der Waals surface area contributed by atoms with E-state index in [1.165, 1.54) is 11.3 Å². The van der Waals surface area contributed by atoms with Gasteiger partial charge in [-0.3, -0.25) is 19.4 Å². The maximum absolute atomic E-state index is 12.3. The van der Waals surface area contributed by atoms with Crippen molar-refractivity contribution in [3.63, 3.8) is 0 Å². The molecule has 4 aromatic rings.